The highest BCUT2D eigenvalue weighted by Gasteiger charge is 2.06. The molecule has 4 aromatic rings. The van der Waals surface area contributed by atoms with Crippen molar-refractivity contribution in [2.45, 2.75) is 6.54 Å². The van der Waals surface area contributed by atoms with Crippen molar-refractivity contribution < 1.29 is 4.74 Å². The maximum Gasteiger partial charge on any atom is 0.118 e. The minimum atomic E-state index is 0.702. The van der Waals surface area contributed by atoms with Crippen LogP contribution in [0, 0.1) is 0 Å². The molecule has 3 heterocycles. The van der Waals surface area contributed by atoms with E-state index in [4.69, 9.17) is 4.74 Å². The van der Waals surface area contributed by atoms with E-state index >= 15 is 0 Å². The van der Waals surface area contributed by atoms with Crippen molar-refractivity contribution in [3.8, 4) is 17.0 Å². The van der Waals surface area contributed by atoms with Crippen LogP contribution in [0.2, 0.25) is 0 Å². The van der Waals surface area contributed by atoms with Crippen LogP contribution in [0.4, 0.5) is 0 Å². The van der Waals surface area contributed by atoms with Crippen molar-refractivity contribution in [1.29, 1.82) is 0 Å². The first-order chi connectivity index (χ1) is 11.3. The molecule has 0 aliphatic heterocycles. The minimum Gasteiger partial charge on any atom is -0.497 e. The van der Waals surface area contributed by atoms with Crippen molar-refractivity contribution in [3.63, 3.8) is 0 Å². The van der Waals surface area contributed by atoms with Crippen LogP contribution in [0.1, 0.15) is 5.56 Å². The molecule has 0 aliphatic carbocycles. The van der Waals surface area contributed by atoms with E-state index in [1.807, 2.05) is 64.3 Å². The van der Waals surface area contributed by atoms with Gasteiger partial charge in [0.25, 0.3) is 0 Å². The molecule has 0 atom stereocenters. The van der Waals surface area contributed by atoms with E-state index < -0.39 is 0 Å². The van der Waals surface area contributed by atoms with E-state index in [1.165, 1.54) is 0 Å². The molecule has 0 bridgehead atoms. The molecule has 0 amide bonds. The minimum absolute atomic E-state index is 0.702. The third-order valence-corrected chi connectivity index (χ3v) is 3.71. The zero-order chi connectivity index (χ0) is 15.6. The molecular weight excluding hydrogens is 290 g/mol. The first kappa shape index (κ1) is 13.5. The summed E-state index contributed by atoms with van der Waals surface area (Å²) in [6.45, 7) is 0.702. The third kappa shape index (κ3) is 2.66. The average Bonchev–Trinajstić information content (AvgIpc) is 3.23. The normalized spacial score (nSPS) is 11.0. The molecule has 0 unspecified atom stereocenters. The number of fused-ring (bicyclic) bond motifs is 1. The van der Waals surface area contributed by atoms with Gasteiger partial charge in [0.05, 0.1) is 49.7 Å². The number of hydrogen-bond donors (Lipinski definition) is 0. The molecule has 1 aromatic carbocycles. The van der Waals surface area contributed by atoms with Gasteiger partial charge in [0.15, 0.2) is 0 Å². The number of hydrogen-bond acceptors (Lipinski definition) is 4. The molecule has 114 valence electrons. The molecule has 0 fully saturated rings. The van der Waals surface area contributed by atoms with Crippen LogP contribution in [0.3, 0.4) is 0 Å². The van der Waals surface area contributed by atoms with Crippen molar-refractivity contribution >= 4 is 5.52 Å². The second-order valence-electron chi connectivity index (χ2n) is 5.25. The van der Waals surface area contributed by atoms with Gasteiger partial charge in [-0.3, -0.25) is 9.67 Å². The highest BCUT2D eigenvalue weighted by atomic mass is 16.5. The van der Waals surface area contributed by atoms with Gasteiger partial charge in [0.1, 0.15) is 5.75 Å². The molecule has 0 N–H and O–H groups in total. The number of rotatable bonds is 4. The maximum absolute atomic E-state index is 5.17. The van der Waals surface area contributed by atoms with Crippen molar-refractivity contribution in [1.82, 2.24) is 24.4 Å². The van der Waals surface area contributed by atoms with E-state index in [9.17, 15) is 0 Å². The summed E-state index contributed by atoms with van der Waals surface area (Å²) < 4.78 is 8.87. The molecule has 0 saturated carbocycles. The second-order valence-corrected chi connectivity index (χ2v) is 5.25. The standard InChI is InChI=1S/C17H15N5O/c1-23-16-4-2-13(3-5-16)10-21-11-14(8-20-21)17-12-22-15(9-18-17)6-7-19-22/h2-9,11-12H,10H2,1H3. The Bertz CT molecular complexity index is 939. The van der Waals surface area contributed by atoms with Gasteiger partial charge < -0.3 is 4.74 Å². The van der Waals surface area contributed by atoms with Gasteiger partial charge in [-0.2, -0.15) is 10.2 Å². The lowest BCUT2D eigenvalue weighted by Gasteiger charge is -2.03. The second kappa shape index (κ2) is 5.57. The van der Waals surface area contributed by atoms with Crippen molar-refractivity contribution in [2.75, 3.05) is 7.11 Å². The molecule has 0 saturated heterocycles. The van der Waals surface area contributed by atoms with Gasteiger partial charge in [-0.1, -0.05) is 12.1 Å². The Morgan fingerprint density at radius 2 is 1.87 bits per heavy atom. The lowest BCUT2D eigenvalue weighted by atomic mass is 10.2. The van der Waals surface area contributed by atoms with Crippen LogP contribution < -0.4 is 4.74 Å². The zero-order valence-corrected chi connectivity index (χ0v) is 12.6. The summed E-state index contributed by atoms with van der Waals surface area (Å²) in [5, 5.41) is 8.65. The smallest absolute Gasteiger partial charge is 0.118 e. The lowest BCUT2D eigenvalue weighted by Crippen LogP contribution is -1.99. The van der Waals surface area contributed by atoms with Crippen LogP contribution in [0.15, 0.2) is 61.3 Å². The lowest BCUT2D eigenvalue weighted by molar-refractivity contribution is 0.414. The summed E-state index contributed by atoms with van der Waals surface area (Å²) in [5.41, 5.74) is 3.95. The van der Waals surface area contributed by atoms with Crippen molar-refractivity contribution in [3.05, 3.63) is 66.9 Å². The monoisotopic (exact) mass is 305 g/mol. The van der Waals surface area contributed by atoms with E-state index in [2.05, 4.69) is 15.2 Å². The van der Waals surface area contributed by atoms with Crippen LogP contribution in [0.5, 0.6) is 5.75 Å². The molecule has 23 heavy (non-hydrogen) atoms. The number of aromatic nitrogens is 5. The molecule has 0 aliphatic rings. The van der Waals surface area contributed by atoms with E-state index in [0.29, 0.717) is 6.54 Å². The largest absolute Gasteiger partial charge is 0.497 e. The zero-order valence-electron chi connectivity index (χ0n) is 12.6. The summed E-state index contributed by atoms with van der Waals surface area (Å²) in [5.74, 6) is 0.853. The first-order valence-electron chi connectivity index (χ1n) is 7.27. The third-order valence-electron chi connectivity index (χ3n) is 3.71. The fraction of sp³-hybridized carbons (Fsp3) is 0.118. The summed E-state index contributed by atoms with van der Waals surface area (Å²) >= 11 is 0. The highest BCUT2D eigenvalue weighted by molar-refractivity contribution is 5.58. The summed E-state index contributed by atoms with van der Waals surface area (Å²) in [4.78, 5) is 4.46. The van der Waals surface area contributed by atoms with Gasteiger partial charge in [-0.25, -0.2) is 4.52 Å². The maximum atomic E-state index is 5.17. The Balaban J connectivity index is 1.57. The Hall–Kier alpha value is -3.15. The van der Waals surface area contributed by atoms with Gasteiger partial charge in [-0.05, 0) is 23.8 Å². The molecule has 0 radical (unpaired) electrons. The number of nitrogens with zero attached hydrogens (tertiary/aromatic N) is 5. The molecular formula is C17H15N5O. The van der Waals surface area contributed by atoms with Gasteiger partial charge in [0, 0.05) is 11.8 Å². The van der Waals surface area contributed by atoms with Crippen LogP contribution in [-0.2, 0) is 6.54 Å². The number of benzene rings is 1. The van der Waals surface area contributed by atoms with Crippen molar-refractivity contribution in [2.24, 2.45) is 0 Å². The summed E-state index contributed by atoms with van der Waals surface area (Å²) in [7, 11) is 1.66. The summed E-state index contributed by atoms with van der Waals surface area (Å²) in [6.07, 6.45) is 9.28. The predicted molar refractivity (Wildman–Crippen MR) is 86.3 cm³/mol. The van der Waals surface area contributed by atoms with Gasteiger partial charge in [0.2, 0.25) is 0 Å². The Morgan fingerprint density at radius 3 is 2.70 bits per heavy atom. The molecule has 0 spiro atoms. The Labute approximate surface area is 133 Å². The molecule has 6 nitrogen and oxygen atoms in total. The van der Waals surface area contributed by atoms with Gasteiger partial charge in [-0.15, -0.1) is 0 Å². The average molecular weight is 305 g/mol. The first-order valence-corrected chi connectivity index (χ1v) is 7.27. The van der Waals surface area contributed by atoms with E-state index in [0.717, 1.165) is 28.1 Å². The molecule has 4 rings (SSSR count). The van der Waals surface area contributed by atoms with Gasteiger partial charge >= 0.3 is 0 Å². The molecule has 6 heteroatoms. The number of methoxy groups -OCH3 is 1. The quantitative estimate of drug-likeness (QED) is 0.581. The van der Waals surface area contributed by atoms with E-state index in [1.54, 1.807) is 13.3 Å². The molecule has 3 aromatic heterocycles. The van der Waals surface area contributed by atoms with Crippen LogP contribution in [-0.4, -0.2) is 31.5 Å². The Morgan fingerprint density at radius 1 is 1.00 bits per heavy atom. The fourth-order valence-electron chi connectivity index (χ4n) is 2.47. The SMILES string of the molecule is COc1ccc(Cn2cc(-c3cn4nccc4cn3)cn2)cc1. The van der Waals surface area contributed by atoms with E-state index in [-0.39, 0.29) is 0 Å². The topological polar surface area (TPSA) is 57.2 Å². The Kier molecular flexibility index (Phi) is 3.27. The number of ether oxygens (including phenoxy) is 1. The van der Waals surface area contributed by atoms with Crippen LogP contribution in [0.25, 0.3) is 16.8 Å². The predicted octanol–water partition coefficient (Wildman–Crippen LogP) is 2.65. The highest BCUT2D eigenvalue weighted by Crippen LogP contribution is 2.17. The van der Waals surface area contributed by atoms with Crippen LogP contribution >= 0.6 is 0 Å². The fourth-order valence-corrected chi connectivity index (χ4v) is 2.47. The summed E-state index contributed by atoms with van der Waals surface area (Å²) in [6, 6.07) is 9.90.